The summed E-state index contributed by atoms with van der Waals surface area (Å²) in [6, 6.07) is 3.20. The van der Waals surface area contributed by atoms with E-state index in [1.54, 1.807) is 27.7 Å². The molecule has 0 amide bonds. The van der Waals surface area contributed by atoms with Crippen molar-refractivity contribution in [1.82, 2.24) is 0 Å². The first-order valence-electron chi connectivity index (χ1n) is 7.76. The molecule has 0 bridgehead atoms. The number of allylic oxidation sites excluding steroid dienone is 4. The lowest BCUT2D eigenvalue weighted by Crippen LogP contribution is -2.53. The molecule has 0 radical (unpaired) electrons. The molecule has 0 aliphatic rings. The fourth-order valence-electron chi connectivity index (χ4n) is 2.42. The third-order valence-corrected chi connectivity index (χ3v) is 4.55. The Morgan fingerprint density at radius 3 is 1.80 bits per heavy atom. The molecule has 140 valence electrons. The normalized spacial score (nSPS) is 13.4. The summed E-state index contributed by atoms with van der Waals surface area (Å²) in [6.45, 7) is 8.26. The van der Waals surface area contributed by atoms with E-state index in [1.807, 2.05) is 0 Å². The minimum absolute atomic E-state index is 0.389. The van der Waals surface area contributed by atoms with Gasteiger partial charge in [-0.25, -0.2) is 0 Å². The number of halogens is 6. The van der Waals surface area contributed by atoms with Crippen LogP contribution in [-0.4, -0.2) is 12.4 Å². The summed E-state index contributed by atoms with van der Waals surface area (Å²) in [7, 11) is 0. The molecule has 0 aliphatic heterocycles. The average molecular weight is 364 g/mol. The zero-order chi connectivity index (χ0) is 19.6. The molecule has 0 heterocycles. The highest BCUT2D eigenvalue weighted by atomic mass is 19.4. The first-order chi connectivity index (χ1) is 11.2. The van der Waals surface area contributed by atoms with Crippen LogP contribution in [0.2, 0.25) is 0 Å². The van der Waals surface area contributed by atoms with Gasteiger partial charge in [0.05, 0.1) is 0 Å². The van der Waals surface area contributed by atoms with Crippen molar-refractivity contribution >= 4 is 0 Å². The predicted octanol–water partition coefficient (Wildman–Crippen LogP) is 6.97. The van der Waals surface area contributed by atoms with Crippen LogP contribution in [0.25, 0.3) is 0 Å². The zero-order valence-electron chi connectivity index (χ0n) is 14.9. The van der Waals surface area contributed by atoms with Gasteiger partial charge in [-0.3, -0.25) is 0 Å². The summed E-state index contributed by atoms with van der Waals surface area (Å²) in [4.78, 5) is 0. The van der Waals surface area contributed by atoms with E-state index < -0.39 is 29.8 Å². The van der Waals surface area contributed by atoms with Gasteiger partial charge in [-0.1, -0.05) is 41.5 Å². The van der Waals surface area contributed by atoms with Crippen LogP contribution in [0.1, 0.15) is 43.9 Å². The minimum atomic E-state index is -5.48. The molecule has 0 unspecified atom stereocenters. The van der Waals surface area contributed by atoms with E-state index in [0.29, 0.717) is 16.7 Å². The third kappa shape index (κ3) is 4.28. The van der Waals surface area contributed by atoms with Crippen LogP contribution in [0.15, 0.2) is 41.5 Å². The fraction of sp³-hybridized carbons (Fsp3) is 0.474. The van der Waals surface area contributed by atoms with Gasteiger partial charge in [-0.2, -0.15) is 26.3 Å². The van der Waals surface area contributed by atoms with Crippen molar-refractivity contribution in [3.05, 3.63) is 58.2 Å². The van der Waals surface area contributed by atoms with Crippen molar-refractivity contribution in [2.45, 2.75) is 58.8 Å². The molecule has 0 saturated heterocycles. The molecule has 0 fully saturated rings. The molecular weight excluding hydrogens is 342 g/mol. The van der Waals surface area contributed by atoms with Crippen LogP contribution < -0.4 is 0 Å². The zero-order valence-corrected chi connectivity index (χ0v) is 14.9. The molecule has 0 aromatic heterocycles. The van der Waals surface area contributed by atoms with Crippen LogP contribution in [0.3, 0.4) is 0 Å². The summed E-state index contributed by atoms with van der Waals surface area (Å²) < 4.78 is 82.2. The maximum absolute atomic E-state index is 13.7. The molecule has 25 heavy (non-hydrogen) atoms. The van der Waals surface area contributed by atoms with E-state index in [-0.39, 0.29) is 0 Å². The molecule has 6 heteroatoms. The lowest BCUT2D eigenvalue weighted by Gasteiger charge is -2.37. The van der Waals surface area contributed by atoms with Crippen molar-refractivity contribution in [1.29, 1.82) is 0 Å². The Hall–Kier alpha value is -1.72. The fourth-order valence-corrected chi connectivity index (χ4v) is 2.42. The van der Waals surface area contributed by atoms with E-state index >= 15 is 0 Å². The molecular formula is C19H22F6. The number of hydrogen-bond donors (Lipinski definition) is 0. The van der Waals surface area contributed by atoms with Gasteiger partial charge in [0, 0.05) is 0 Å². The standard InChI is InChI=1S/C19H22F6/c1-12(2)13(3)7-6-10-17(18(20,21)22,19(23,24)25)16-9-8-14(4)15(5)11-16/h6-9,11H,10H2,1-5H3/b7-6-. The lowest BCUT2D eigenvalue weighted by molar-refractivity contribution is -0.302. The van der Waals surface area contributed by atoms with E-state index in [0.717, 1.165) is 23.8 Å². The summed E-state index contributed by atoms with van der Waals surface area (Å²) in [5.74, 6) is 0. The van der Waals surface area contributed by atoms with Gasteiger partial charge >= 0.3 is 12.4 Å². The molecule has 0 aliphatic carbocycles. The summed E-state index contributed by atoms with van der Waals surface area (Å²) in [5, 5.41) is 0. The molecule has 1 rings (SSSR count). The second kappa shape index (κ2) is 7.26. The van der Waals surface area contributed by atoms with Crippen LogP contribution in [-0.2, 0) is 5.41 Å². The maximum Gasteiger partial charge on any atom is 0.407 e. The topological polar surface area (TPSA) is 0 Å². The van der Waals surface area contributed by atoms with E-state index in [9.17, 15) is 26.3 Å². The summed E-state index contributed by atoms with van der Waals surface area (Å²) in [5.41, 5.74) is -2.23. The number of rotatable bonds is 4. The second-order valence-corrected chi connectivity index (χ2v) is 6.49. The third-order valence-electron chi connectivity index (χ3n) is 4.55. The van der Waals surface area contributed by atoms with Gasteiger partial charge in [-0.05, 0) is 57.7 Å². The van der Waals surface area contributed by atoms with Crippen LogP contribution in [0.5, 0.6) is 0 Å². The number of benzene rings is 1. The van der Waals surface area contributed by atoms with Crippen LogP contribution in [0, 0.1) is 13.8 Å². The Morgan fingerprint density at radius 2 is 1.40 bits per heavy atom. The van der Waals surface area contributed by atoms with Crippen molar-refractivity contribution < 1.29 is 26.3 Å². The summed E-state index contributed by atoms with van der Waals surface area (Å²) in [6.07, 6.45) is -9.89. The second-order valence-electron chi connectivity index (χ2n) is 6.49. The first-order valence-corrected chi connectivity index (χ1v) is 7.76. The smallest absolute Gasteiger partial charge is 0.170 e. The maximum atomic E-state index is 13.7. The highest BCUT2D eigenvalue weighted by molar-refractivity contribution is 5.38. The Kier molecular flexibility index (Phi) is 6.19. The van der Waals surface area contributed by atoms with Crippen molar-refractivity contribution in [2.24, 2.45) is 0 Å². The Balaban J connectivity index is 3.59. The number of aryl methyl sites for hydroxylation is 2. The van der Waals surface area contributed by atoms with E-state index in [4.69, 9.17) is 0 Å². The van der Waals surface area contributed by atoms with Gasteiger partial charge < -0.3 is 0 Å². The predicted molar refractivity (Wildman–Crippen MR) is 87.5 cm³/mol. The summed E-state index contributed by atoms with van der Waals surface area (Å²) >= 11 is 0. The SMILES string of the molecule is CC(C)=C(C)/C=C\CC(c1ccc(C)c(C)c1)(C(F)(F)F)C(F)(F)F. The van der Waals surface area contributed by atoms with Gasteiger partial charge in [0.2, 0.25) is 0 Å². The molecule has 1 aromatic carbocycles. The van der Waals surface area contributed by atoms with Crippen molar-refractivity contribution in [2.75, 3.05) is 0 Å². The molecule has 0 saturated carbocycles. The van der Waals surface area contributed by atoms with Gasteiger partial charge in [-0.15, -0.1) is 0 Å². The molecule has 0 nitrogen and oxygen atoms in total. The number of alkyl halides is 6. The van der Waals surface area contributed by atoms with Gasteiger partial charge in [0.1, 0.15) is 0 Å². The number of hydrogen-bond acceptors (Lipinski definition) is 0. The van der Waals surface area contributed by atoms with Gasteiger partial charge in [0.25, 0.3) is 0 Å². The lowest BCUT2D eigenvalue weighted by atomic mass is 9.75. The Labute approximate surface area is 144 Å². The Morgan fingerprint density at radius 1 is 0.880 bits per heavy atom. The molecule has 0 atom stereocenters. The molecule has 0 N–H and O–H groups in total. The quantitative estimate of drug-likeness (QED) is 0.400. The molecule has 1 aromatic rings. The van der Waals surface area contributed by atoms with Gasteiger partial charge in [0.15, 0.2) is 5.41 Å². The van der Waals surface area contributed by atoms with Crippen molar-refractivity contribution in [3.63, 3.8) is 0 Å². The molecule has 0 spiro atoms. The largest absolute Gasteiger partial charge is 0.407 e. The van der Waals surface area contributed by atoms with Crippen LogP contribution >= 0.6 is 0 Å². The monoisotopic (exact) mass is 364 g/mol. The van der Waals surface area contributed by atoms with Crippen molar-refractivity contribution in [3.8, 4) is 0 Å². The highest BCUT2D eigenvalue weighted by Crippen LogP contribution is 2.54. The minimum Gasteiger partial charge on any atom is -0.170 e. The van der Waals surface area contributed by atoms with E-state index in [1.165, 1.54) is 19.1 Å². The average Bonchev–Trinajstić information content (AvgIpc) is 2.43. The highest BCUT2D eigenvalue weighted by Gasteiger charge is 2.70. The first kappa shape index (κ1) is 21.3. The van der Waals surface area contributed by atoms with Crippen LogP contribution in [0.4, 0.5) is 26.3 Å². The van der Waals surface area contributed by atoms with E-state index in [2.05, 4.69) is 0 Å². The Bertz CT molecular complexity index is 656.